The Bertz CT molecular complexity index is 1080. The first kappa shape index (κ1) is 18.7. The molecule has 5 rings (SSSR count). The van der Waals surface area contributed by atoms with Crippen molar-refractivity contribution in [3.63, 3.8) is 0 Å². The van der Waals surface area contributed by atoms with E-state index in [-0.39, 0.29) is 17.8 Å². The summed E-state index contributed by atoms with van der Waals surface area (Å²) in [6.07, 6.45) is 2.69. The molecule has 2 aromatic carbocycles. The zero-order valence-corrected chi connectivity index (χ0v) is 16.8. The maximum absolute atomic E-state index is 13.2. The fourth-order valence-electron chi connectivity index (χ4n) is 4.25. The molecule has 3 heterocycles. The highest BCUT2D eigenvalue weighted by atomic mass is 19.1. The number of fused-ring (bicyclic) bond motifs is 2. The second kappa shape index (κ2) is 7.48. The van der Waals surface area contributed by atoms with Gasteiger partial charge in [0.2, 0.25) is 0 Å². The van der Waals surface area contributed by atoms with Gasteiger partial charge < -0.3 is 14.5 Å². The quantitative estimate of drug-likeness (QED) is 0.671. The van der Waals surface area contributed by atoms with Gasteiger partial charge in [0.25, 0.3) is 5.91 Å². The molecule has 0 unspecified atom stereocenters. The van der Waals surface area contributed by atoms with Crippen molar-refractivity contribution < 1.29 is 13.9 Å². The molecule has 0 radical (unpaired) electrons. The van der Waals surface area contributed by atoms with Crippen molar-refractivity contribution in [1.29, 1.82) is 0 Å². The molecule has 6 nitrogen and oxygen atoms in total. The highest BCUT2D eigenvalue weighted by Gasteiger charge is 2.35. The van der Waals surface area contributed by atoms with E-state index in [1.807, 2.05) is 42.4 Å². The Morgan fingerprint density at radius 3 is 2.80 bits per heavy atom. The van der Waals surface area contributed by atoms with Gasteiger partial charge in [0.05, 0.1) is 18.3 Å². The van der Waals surface area contributed by atoms with Gasteiger partial charge in [-0.1, -0.05) is 24.3 Å². The Balaban J connectivity index is 1.34. The molecule has 1 aromatic heterocycles. The van der Waals surface area contributed by atoms with Gasteiger partial charge in [0.1, 0.15) is 18.2 Å². The van der Waals surface area contributed by atoms with Crippen LogP contribution in [0.3, 0.4) is 0 Å². The third-order valence-corrected chi connectivity index (χ3v) is 5.81. The summed E-state index contributed by atoms with van der Waals surface area (Å²) in [7, 11) is 2.03. The van der Waals surface area contributed by atoms with Gasteiger partial charge in [-0.05, 0) is 36.2 Å². The van der Waals surface area contributed by atoms with Gasteiger partial charge in [0.15, 0.2) is 5.69 Å². The first-order valence-electron chi connectivity index (χ1n) is 10.1. The lowest BCUT2D eigenvalue weighted by molar-refractivity contribution is 0.0604. The predicted octanol–water partition coefficient (Wildman–Crippen LogP) is 2.97. The van der Waals surface area contributed by atoms with Crippen LogP contribution >= 0.6 is 0 Å². The lowest BCUT2D eigenvalue weighted by Gasteiger charge is -2.34. The van der Waals surface area contributed by atoms with Gasteiger partial charge in [-0.15, -0.1) is 0 Å². The maximum Gasteiger partial charge on any atom is 0.275 e. The third kappa shape index (κ3) is 3.40. The number of carbonyl (C=O) groups excluding carboxylic acids is 1. The molecule has 2 aliphatic heterocycles. The van der Waals surface area contributed by atoms with Crippen molar-refractivity contribution in [3.05, 3.63) is 77.4 Å². The van der Waals surface area contributed by atoms with E-state index in [2.05, 4.69) is 10.00 Å². The molecule has 0 aliphatic carbocycles. The summed E-state index contributed by atoms with van der Waals surface area (Å²) in [5.41, 5.74) is 3.45. The Hall–Kier alpha value is -3.35. The average molecular weight is 406 g/mol. The topological polar surface area (TPSA) is 50.6 Å². The summed E-state index contributed by atoms with van der Waals surface area (Å²) < 4.78 is 20.9. The number of hydrogen-bond donors (Lipinski definition) is 0. The van der Waals surface area contributed by atoms with Crippen molar-refractivity contribution in [2.75, 3.05) is 31.6 Å². The molecular weight excluding hydrogens is 383 g/mol. The monoisotopic (exact) mass is 406 g/mol. The SMILES string of the molecule is CN1C[C@H](N2CCc3cn(Cc4ccc(F)cc4)nc3C2=O)COc2ccccc21. The van der Waals surface area contributed by atoms with Crippen LogP contribution in [0.5, 0.6) is 5.75 Å². The van der Waals surface area contributed by atoms with Crippen molar-refractivity contribution >= 4 is 11.6 Å². The largest absolute Gasteiger partial charge is 0.489 e. The first-order chi connectivity index (χ1) is 14.6. The van der Waals surface area contributed by atoms with E-state index < -0.39 is 0 Å². The minimum Gasteiger partial charge on any atom is -0.489 e. The van der Waals surface area contributed by atoms with E-state index in [9.17, 15) is 9.18 Å². The number of nitrogens with zero attached hydrogens (tertiary/aromatic N) is 4. The Morgan fingerprint density at radius 2 is 1.97 bits per heavy atom. The molecule has 1 amide bonds. The Labute approximate surface area is 174 Å². The van der Waals surface area contributed by atoms with E-state index in [4.69, 9.17) is 4.74 Å². The molecule has 1 atom stereocenters. The van der Waals surface area contributed by atoms with Crippen LogP contribution in [0.2, 0.25) is 0 Å². The smallest absolute Gasteiger partial charge is 0.275 e. The van der Waals surface area contributed by atoms with Crippen molar-refractivity contribution in [2.45, 2.75) is 19.0 Å². The molecule has 0 bridgehead atoms. The summed E-state index contributed by atoms with van der Waals surface area (Å²) in [6, 6.07) is 14.2. The number of ether oxygens (including phenoxy) is 1. The van der Waals surface area contributed by atoms with Crippen molar-refractivity contribution in [2.24, 2.45) is 0 Å². The molecule has 7 heteroatoms. The molecule has 0 spiro atoms. The van der Waals surface area contributed by atoms with Crippen LogP contribution in [0, 0.1) is 5.82 Å². The molecule has 0 fully saturated rings. The van der Waals surface area contributed by atoms with E-state index in [1.54, 1.807) is 16.8 Å². The summed E-state index contributed by atoms with van der Waals surface area (Å²) in [4.78, 5) is 17.3. The molecule has 154 valence electrons. The molecule has 3 aromatic rings. The number of rotatable bonds is 3. The van der Waals surface area contributed by atoms with Gasteiger partial charge in [-0.25, -0.2) is 4.39 Å². The molecular formula is C23H23FN4O2. The zero-order chi connectivity index (χ0) is 20.7. The average Bonchev–Trinajstić information content (AvgIpc) is 3.09. The molecule has 30 heavy (non-hydrogen) atoms. The van der Waals surface area contributed by atoms with Gasteiger partial charge in [-0.2, -0.15) is 5.10 Å². The van der Waals surface area contributed by atoms with Gasteiger partial charge in [0, 0.05) is 31.9 Å². The minimum absolute atomic E-state index is 0.0506. The van der Waals surface area contributed by atoms with E-state index in [0.29, 0.717) is 31.9 Å². The summed E-state index contributed by atoms with van der Waals surface area (Å²) in [5, 5.41) is 4.55. The number of carbonyl (C=O) groups is 1. The second-order valence-electron chi connectivity index (χ2n) is 7.89. The number of amides is 1. The molecule has 2 aliphatic rings. The van der Waals surface area contributed by atoms with E-state index in [1.165, 1.54) is 12.1 Å². The van der Waals surface area contributed by atoms with E-state index in [0.717, 1.165) is 29.0 Å². The predicted molar refractivity (Wildman–Crippen MR) is 111 cm³/mol. The standard InChI is InChI=1S/C23H23FN4O2/c1-26-14-19(15-30-21-5-3-2-4-20(21)26)28-11-10-17-13-27(25-22(17)23(28)29)12-16-6-8-18(24)9-7-16/h2-9,13,19H,10-12,14-15H2,1H3/t19-/m0/s1. The van der Waals surface area contributed by atoms with Crippen LogP contribution in [0.25, 0.3) is 0 Å². The Kier molecular flexibility index (Phi) is 4.65. The fourth-order valence-corrected chi connectivity index (χ4v) is 4.25. The summed E-state index contributed by atoms with van der Waals surface area (Å²) in [5.74, 6) is 0.528. The maximum atomic E-state index is 13.2. The highest BCUT2D eigenvalue weighted by molar-refractivity contribution is 5.95. The van der Waals surface area contributed by atoms with Crippen molar-refractivity contribution in [1.82, 2.24) is 14.7 Å². The Morgan fingerprint density at radius 1 is 1.17 bits per heavy atom. The highest BCUT2D eigenvalue weighted by Crippen LogP contribution is 2.31. The van der Waals surface area contributed by atoms with Crippen LogP contribution in [0.4, 0.5) is 10.1 Å². The number of likely N-dealkylation sites (N-methyl/N-ethyl adjacent to an activating group) is 1. The molecule has 0 saturated heterocycles. The van der Waals surface area contributed by atoms with Crippen LogP contribution in [0.15, 0.2) is 54.7 Å². The lowest BCUT2D eigenvalue weighted by atomic mass is 10.0. The van der Waals surface area contributed by atoms with Crippen LogP contribution in [-0.4, -0.2) is 53.4 Å². The van der Waals surface area contributed by atoms with Gasteiger partial charge in [-0.3, -0.25) is 9.48 Å². The van der Waals surface area contributed by atoms with Crippen LogP contribution < -0.4 is 9.64 Å². The van der Waals surface area contributed by atoms with Crippen molar-refractivity contribution in [3.8, 4) is 5.75 Å². The number of benzene rings is 2. The zero-order valence-electron chi connectivity index (χ0n) is 16.8. The number of hydrogen-bond acceptors (Lipinski definition) is 4. The van der Waals surface area contributed by atoms with Gasteiger partial charge >= 0.3 is 0 Å². The number of halogens is 1. The van der Waals surface area contributed by atoms with E-state index >= 15 is 0 Å². The number of aromatic nitrogens is 2. The van der Waals surface area contributed by atoms with Crippen LogP contribution in [0.1, 0.15) is 21.6 Å². The number of anilines is 1. The molecule has 0 saturated carbocycles. The normalized spacial score (nSPS) is 18.5. The molecule has 0 N–H and O–H groups in total. The third-order valence-electron chi connectivity index (χ3n) is 5.81. The fraction of sp³-hybridized carbons (Fsp3) is 0.304. The first-order valence-corrected chi connectivity index (χ1v) is 10.1. The minimum atomic E-state index is -0.262. The van der Waals surface area contributed by atoms with Crippen LogP contribution in [-0.2, 0) is 13.0 Å². The summed E-state index contributed by atoms with van der Waals surface area (Å²) in [6.45, 7) is 2.31. The summed E-state index contributed by atoms with van der Waals surface area (Å²) >= 11 is 0. The second-order valence-corrected chi connectivity index (χ2v) is 7.89. The number of para-hydroxylation sites is 2. The lowest BCUT2D eigenvalue weighted by Crippen LogP contribution is -2.51.